The van der Waals surface area contributed by atoms with E-state index in [0.717, 1.165) is 11.4 Å². The first kappa shape index (κ1) is 5.90. The van der Waals surface area contributed by atoms with E-state index in [-0.39, 0.29) is 0 Å². The Morgan fingerprint density at radius 2 is 2.33 bits per heavy atom. The summed E-state index contributed by atoms with van der Waals surface area (Å²) in [6.07, 6.45) is 1.82. The first-order chi connectivity index (χ1) is 4.24. The maximum Gasteiger partial charge on any atom is 0.204 e. The molecule has 9 heavy (non-hydrogen) atoms. The van der Waals surface area contributed by atoms with Crippen LogP contribution in [0.2, 0.25) is 0 Å². The molecule has 2 heteroatoms. The molecule has 46 valence electrons. The molecule has 0 amide bonds. The van der Waals surface area contributed by atoms with Crippen molar-refractivity contribution >= 4 is 5.69 Å². The zero-order valence-electron chi connectivity index (χ0n) is 5.55. The maximum absolute atomic E-state index is 6.67. The fraction of sp³-hybridized carbons (Fsp3) is 0.286. The Balaban J connectivity index is 3.16. The number of nitrogens with zero attached hydrogens (tertiary/aromatic N) is 2. The van der Waals surface area contributed by atoms with E-state index in [4.69, 9.17) is 6.57 Å². The van der Waals surface area contributed by atoms with Gasteiger partial charge >= 0.3 is 0 Å². The molecule has 0 spiro atoms. The van der Waals surface area contributed by atoms with Gasteiger partial charge in [-0.15, -0.1) is 0 Å². The van der Waals surface area contributed by atoms with Gasteiger partial charge in [-0.1, -0.05) is 0 Å². The van der Waals surface area contributed by atoms with Crippen molar-refractivity contribution in [2.24, 2.45) is 7.05 Å². The van der Waals surface area contributed by atoms with E-state index in [9.17, 15) is 0 Å². The molecule has 0 bridgehead atoms. The second kappa shape index (κ2) is 1.94. The lowest BCUT2D eigenvalue weighted by Crippen LogP contribution is -1.84. The van der Waals surface area contributed by atoms with E-state index < -0.39 is 0 Å². The van der Waals surface area contributed by atoms with Crippen LogP contribution in [-0.2, 0) is 7.05 Å². The van der Waals surface area contributed by atoms with Crippen LogP contribution in [0.25, 0.3) is 4.85 Å². The monoisotopic (exact) mass is 120 g/mol. The summed E-state index contributed by atoms with van der Waals surface area (Å²) in [5, 5.41) is 0. The Labute approximate surface area is 54.5 Å². The minimum atomic E-state index is 0.718. The Hall–Kier alpha value is -1.23. The van der Waals surface area contributed by atoms with Crippen LogP contribution in [-0.4, -0.2) is 4.57 Å². The first-order valence-corrected chi connectivity index (χ1v) is 2.74. The fourth-order valence-corrected chi connectivity index (χ4v) is 0.714. The van der Waals surface area contributed by atoms with Crippen molar-refractivity contribution in [1.29, 1.82) is 0 Å². The Kier molecular flexibility index (Phi) is 1.27. The summed E-state index contributed by atoms with van der Waals surface area (Å²) < 4.78 is 1.94. The molecule has 1 aromatic rings. The molecule has 1 heterocycles. The zero-order chi connectivity index (χ0) is 6.85. The molecule has 0 unspecified atom stereocenters. The van der Waals surface area contributed by atoms with Crippen molar-refractivity contribution in [2.75, 3.05) is 0 Å². The van der Waals surface area contributed by atoms with Crippen LogP contribution in [0.4, 0.5) is 5.69 Å². The zero-order valence-corrected chi connectivity index (χ0v) is 5.55. The Bertz CT molecular complexity index is 233. The van der Waals surface area contributed by atoms with Crippen LogP contribution >= 0.6 is 0 Å². The average Bonchev–Trinajstić information content (AvgIpc) is 2.13. The third-order valence-electron chi connectivity index (χ3n) is 1.37. The van der Waals surface area contributed by atoms with Gasteiger partial charge in [-0.3, -0.25) is 0 Å². The Morgan fingerprint density at radius 3 is 2.56 bits per heavy atom. The van der Waals surface area contributed by atoms with E-state index in [0.29, 0.717) is 0 Å². The average molecular weight is 120 g/mol. The van der Waals surface area contributed by atoms with Gasteiger partial charge in [0.15, 0.2) is 0 Å². The van der Waals surface area contributed by atoms with Gasteiger partial charge < -0.3 is 4.57 Å². The SMILES string of the molecule is [C-]#[N+]c1cc(C)n(C)c1. The predicted molar refractivity (Wildman–Crippen MR) is 36.4 cm³/mol. The van der Waals surface area contributed by atoms with Gasteiger partial charge in [-0.2, -0.15) is 0 Å². The van der Waals surface area contributed by atoms with Crippen LogP contribution < -0.4 is 0 Å². The van der Waals surface area contributed by atoms with Gasteiger partial charge in [-0.25, -0.2) is 4.85 Å². The summed E-state index contributed by atoms with van der Waals surface area (Å²) in [6, 6.07) is 1.87. The quantitative estimate of drug-likeness (QED) is 0.462. The third kappa shape index (κ3) is 0.945. The predicted octanol–water partition coefficient (Wildman–Crippen LogP) is 1.88. The summed E-state index contributed by atoms with van der Waals surface area (Å²) in [6.45, 7) is 8.65. The second-order valence-electron chi connectivity index (χ2n) is 2.06. The summed E-state index contributed by atoms with van der Waals surface area (Å²) >= 11 is 0. The standard InChI is InChI=1S/C7H8N2/c1-6-4-7(8-2)5-9(6)3/h4-5H,1,3H3. The smallest absolute Gasteiger partial charge is 0.204 e. The summed E-state index contributed by atoms with van der Waals surface area (Å²) in [5.41, 5.74) is 1.84. The minimum Gasteiger partial charge on any atom is -0.366 e. The Morgan fingerprint density at radius 1 is 1.67 bits per heavy atom. The van der Waals surface area contributed by atoms with Crippen molar-refractivity contribution in [1.82, 2.24) is 4.57 Å². The first-order valence-electron chi connectivity index (χ1n) is 2.74. The number of aromatic nitrogens is 1. The van der Waals surface area contributed by atoms with Gasteiger partial charge in [0, 0.05) is 18.9 Å². The van der Waals surface area contributed by atoms with E-state index in [1.165, 1.54) is 0 Å². The molecule has 0 radical (unpaired) electrons. The minimum absolute atomic E-state index is 0.718. The van der Waals surface area contributed by atoms with Crippen molar-refractivity contribution in [2.45, 2.75) is 6.92 Å². The van der Waals surface area contributed by atoms with Crippen LogP contribution in [0.1, 0.15) is 5.69 Å². The molecular weight excluding hydrogens is 112 g/mol. The number of hydrogen-bond acceptors (Lipinski definition) is 0. The number of aryl methyl sites for hydroxylation is 2. The molecule has 2 nitrogen and oxygen atoms in total. The van der Waals surface area contributed by atoms with Crippen molar-refractivity contribution in [3.8, 4) is 0 Å². The molecule has 0 N–H and O–H groups in total. The van der Waals surface area contributed by atoms with Crippen LogP contribution in [0.15, 0.2) is 12.3 Å². The summed E-state index contributed by atoms with van der Waals surface area (Å²) in [4.78, 5) is 3.28. The number of hydrogen-bond donors (Lipinski definition) is 0. The summed E-state index contributed by atoms with van der Waals surface area (Å²) in [7, 11) is 1.93. The molecule has 0 saturated carbocycles. The van der Waals surface area contributed by atoms with Gasteiger partial charge in [0.1, 0.15) is 0 Å². The van der Waals surface area contributed by atoms with Crippen LogP contribution in [0, 0.1) is 13.5 Å². The van der Waals surface area contributed by atoms with Crippen LogP contribution in [0.3, 0.4) is 0 Å². The molecule has 1 rings (SSSR count). The molecular formula is C7H8N2. The number of rotatable bonds is 0. The van der Waals surface area contributed by atoms with Gasteiger partial charge in [0.05, 0.1) is 6.57 Å². The highest BCUT2D eigenvalue weighted by molar-refractivity contribution is 5.44. The molecule has 0 aliphatic carbocycles. The summed E-state index contributed by atoms with van der Waals surface area (Å²) in [5.74, 6) is 0. The topological polar surface area (TPSA) is 9.29 Å². The third-order valence-corrected chi connectivity index (χ3v) is 1.37. The molecule has 0 atom stereocenters. The van der Waals surface area contributed by atoms with Gasteiger partial charge in [-0.05, 0) is 13.0 Å². The lowest BCUT2D eigenvalue weighted by atomic mass is 10.4. The molecule has 0 saturated heterocycles. The molecule has 1 aromatic heterocycles. The van der Waals surface area contributed by atoms with E-state index >= 15 is 0 Å². The van der Waals surface area contributed by atoms with Crippen molar-refractivity contribution in [3.05, 3.63) is 29.4 Å². The lowest BCUT2D eigenvalue weighted by Gasteiger charge is -1.90. The van der Waals surface area contributed by atoms with Crippen LogP contribution in [0.5, 0.6) is 0 Å². The molecule has 0 aliphatic heterocycles. The van der Waals surface area contributed by atoms with E-state index in [2.05, 4.69) is 4.85 Å². The second-order valence-corrected chi connectivity index (χ2v) is 2.06. The van der Waals surface area contributed by atoms with Crippen molar-refractivity contribution in [3.63, 3.8) is 0 Å². The highest BCUT2D eigenvalue weighted by Crippen LogP contribution is 2.13. The van der Waals surface area contributed by atoms with Crippen molar-refractivity contribution < 1.29 is 0 Å². The van der Waals surface area contributed by atoms with Gasteiger partial charge in [0.25, 0.3) is 0 Å². The fourth-order valence-electron chi connectivity index (χ4n) is 0.714. The molecule has 0 fully saturated rings. The maximum atomic E-state index is 6.67. The van der Waals surface area contributed by atoms with E-state index in [1.54, 1.807) is 0 Å². The highest BCUT2D eigenvalue weighted by Gasteiger charge is 1.94. The van der Waals surface area contributed by atoms with Gasteiger partial charge in [0.2, 0.25) is 5.69 Å². The molecule has 0 aromatic carbocycles. The van der Waals surface area contributed by atoms with E-state index in [1.807, 2.05) is 30.8 Å². The molecule has 0 aliphatic rings. The highest BCUT2D eigenvalue weighted by atomic mass is 14.9. The lowest BCUT2D eigenvalue weighted by molar-refractivity contribution is 0.883. The largest absolute Gasteiger partial charge is 0.366 e. The normalized spacial score (nSPS) is 9.00.